The van der Waals surface area contributed by atoms with Crippen LogP contribution >= 0.6 is 22.9 Å². The van der Waals surface area contributed by atoms with Crippen LogP contribution in [0.15, 0.2) is 46.0 Å². The van der Waals surface area contributed by atoms with Gasteiger partial charge in [-0.15, -0.1) is 11.3 Å². The van der Waals surface area contributed by atoms with Crippen LogP contribution in [-0.2, 0) is 23.9 Å². The number of aromatic nitrogens is 1. The first-order chi connectivity index (χ1) is 18.3. The molecule has 38 heavy (non-hydrogen) atoms. The van der Waals surface area contributed by atoms with Crippen LogP contribution in [0.3, 0.4) is 0 Å². The summed E-state index contributed by atoms with van der Waals surface area (Å²) >= 11 is 7.67. The van der Waals surface area contributed by atoms with Crippen molar-refractivity contribution >= 4 is 46.5 Å². The first-order valence-corrected chi connectivity index (χ1v) is 13.1. The minimum Gasteiger partial charge on any atom is -0.481 e. The van der Waals surface area contributed by atoms with Crippen LogP contribution in [0.1, 0.15) is 35.9 Å². The predicted octanol–water partition coefficient (Wildman–Crippen LogP) is 2.98. The Hall–Kier alpha value is -3.19. The number of hydrogen-bond acceptors (Lipinski definition) is 10. The van der Waals surface area contributed by atoms with E-state index in [1.54, 1.807) is 17.6 Å². The Morgan fingerprint density at radius 3 is 2.89 bits per heavy atom. The molecule has 0 saturated carbocycles. The minimum absolute atomic E-state index is 0.0974. The van der Waals surface area contributed by atoms with E-state index < -0.39 is 30.2 Å². The number of amidine groups is 1. The van der Waals surface area contributed by atoms with Gasteiger partial charge in [0.05, 0.1) is 30.4 Å². The minimum atomic E-state index is -1.16. The summed E-state index contributed by atoms with van der Waals surface area (Å²) in [5.74, 6) is -2.37. The average molecular weight is 565 g/mol. The van der Waals surface area contributed by atoms with Gasteiger partial charge in [-0.05, 0) is 12.5 Å². The molecule has 0 aliphatic carbocycles. The highest BCUT2D eigenvalue weighted by Crippen LogP contribution is 2.37. The van der Waals surface area contributed by atoms with E-state index in [1.165, 1.54) is 30.6 Å². The fourth-order valence-electron chi connectivity index (χ4n) is 4.38. The van der Waals surface area contributed by atoms with Crippen molar-refractivity contribution in [2.75, 3.05) is 33.4 Å². The van der Waals surface area contributed by atoms with E-state index in [4.69, 9.17) is 31.2 Å². The molecule has 2 aliphatic rings. The number of Topliss-reactive ketones (excluding diaryl/α,β-unsaturated/α-hetero) is 1. The highest BCUT2D eigenvalue weighted by molar-refractivity contribution is 7.11. The Balaban J connectivity index is 1.63. The molecule has 13 heteroatoms. The number of carboxylic acids is 1. The van der Waals surface area contributed by atoms with E-state index in [2.05, 4.69) is 15.2 Å². The fourth-order valence-corrected chi connectivity index (χ4v) is 5.19. The number of nitrogens with zero attached hydrogens (tertiary/aromatic N) is 3. The summed E-state index contributed by atoms with van der Waals surface area (Å²) in [6.45, 7) is 1.68. The fraction of sp³-hybridized carbons (Fsp3) is 0.400. The van der Waals surface area contributed by atoms with Crippen LogP contribution < -0.4 is 5.32 Å². The molecule has 4 rings (SSSR count). The monoisotopic (exact) mass is 564 g/mol. The number of halogens is 2. The van der Waals surface area contributed by atoms with Crippen LogP contribution in [-0.4, -0.2) is 78.0 Å². The Bertz CT molecular complexity index is 1270. The van der Waals surface area contributed by atoms with E-state index in [-0.39, 0.29) is 35.4 Å². The summed E-state index contributed by atoms with van der Waals surface area (Å²) in [6.07, 6.45) is 1.31. The molecule has 0 spiro atoms. The van der Waals surface area contributed by atoms with Gasteiger partial charge in [-0.25, -0.2) is 14.2 Å². The number of aliphatic carboxylic acids is 1. The van der Waals surface area contributed by atoms with Gasteiger partial charge < -0.3 is 19.9 Å². The molecule has 0 amide bonds. The lowest BCUT2D eigenvalue weighted by Gasteiger charge is -2.35. The second kappa shape index (κ2) is 12.6. The summed E-state index contributed by atoms with van der Waals surface area (Å²) in [7, 11) is 1.26. The lowest BCUT2D eigenvalue weighted by Crippen LogP contribution is -2.46. The molecule has 202 valence electrons. The smallest absolute Gasteiger partial charge is 0.338 e. The van der Waals surface area contributed by atoms with Crippen molar-refractivity contribution in [1.29, 1.82) is 0 Å². The number of thiazole rings is 1. The largest absolute Gasteiger partial charge is 0.481 e. The van der Waals surface area contributed by atoms with Gasteiger partial charge in [-0.2, -0.15) is 0 Å². The zero-order valence-electron chi connectivity index (χ0n) is 20.5. The third kappa shape index (κ3) is 6.62. The molecule has 1 aromatic carbocycles. The van der Waals surface area contributed by atoms with Crippen molar-refractivity contribution < 1.29 is 33.4 Å². The van der Waals surface area contributed by atoms with Gasteiger partial charge in [0, 0.05) is 48.9 Å². The molecule has 2 atom stereocenters. The summed E-state index contributed by atoms with van der Waals surface area (Å²) in [4.78, 5) is 46.7. The Morgan fingerprint density at radius 1 is 1.37 bits per heavy atom. The highest BCUT2D eigenvalue weighted by atomic mass is 35.5. The molecular formula is C25H26ClFN4O6S. The zero-order chi connectivity index (χ0) is 27.2. The van der Waals surface area contributed by atoms with Crippen molar-refractivity contribution in [3.05, 3.63) is 62.5 Å². The molecule has 1 fully saturated rings. The van der Waals surface area contributed by atoms with Crippen molar-refractivity contribution in [3.63, 3.8) is 0 Å². The molecule has 2 N–H and O–H groups in total. The molecule has 3 heterocycles. The maximum Gasteiger partial charge on any atom is 0.338 e. The number of morpholine rings is 1. The van der Waals surface area contributed by atoms with Gasteiger partial charge in [0.25, 0.3) is 0 Å². The number of carbonyl (C=O) groups excluding carboxylic acids is 2. The number of benzene rings is 1. The normalized spacial score (nSPS) is 20.0. The Labute approximate surface area is 227 Å². The summed E-state index contributed by atoms with van der Waals surface area (Å²) in [5, 5.41) is 14.3. The maximum atomic E-state index is 14.4. The van der Waals surface area contributed by atoms with Crippen LogP contribution in [0.2, 0.25) is 5.02 Å². The molecule has 1 saturated heterocycles. The highest BCUT2D eigenvalue weighted by Gasteiger charge is 2.35. The predicted molar refractivity (Wildman–Crippen MR) is 138 cm³/mol. The Kier molecular flexibility index (Phi) is 9.21. The molecule has 2 aliphatic heterocycles. The topological polar surface area (TPSA) is 130 Å². The van der Waals surface area contributed by atoms with Gasteiger partial charge in [0.15, 0.2) is 10.8 Å². The number of hydrogen-bond donors (Lipinski definition) is 2. The molecule has 0 radical (unpaired) electrons. The SMILES string of the molecule is COC(=O)C1=C(CN2CCO[C@H](CCC(=O)CC(=O)O)C2)NC(c2nccs2)=N[C@H]1c1cccc(F)c1Cl. The first-order valence-electron chi connectivity index (χ1n) is 11.8. The third-order valence-corrected chi connectivity index (χ3v) is 7.32. The number of ketones is 1. The van der Waals surface area contributed by atoms with Crippen LogP contribution in [0.25, 0.3) is 0 Å². The van der Waals surface area contributed by atoms with Gasteiger partial charge in [0.1, 0.15) is 24.1 Å². The van der Waals surface area contributed by atoms with E-state index in [9.17, 15) is 18.8 Å². The number of methoxy groups -OCH3 is 1. The number of esters is 1. The van der Waals surface area contributed by atoms with Crippen LogP contribution in [0.4, 0.5) is 4.39 Å². The number of aliphatic imine (C=N–C) groups is 1. The van der Waals surface area contributed by atoms with Crippen molar-refractivity contribution in [2.45, 2.75) is 31.4 Å². The summed E-state index contributed by atoms with van der Waals surface area (Å²) < 4.78 is 25.3. The number of rotatable bonds is 10. The van der Waals surface area contributed by atoms with E-state index >= 15 is 0 Å². The third-order valence-electron chi connectivity index (χ3n) is 6.14. The van der Waals surface area contributed by atoms with Crippen LogP contribution in [0, 0.1) is 5.82 Å². The quantitative estimate of drug-likeness (QED) is 0.330. The lowest BCUT2D eigenvalue weighted by molar-refractivity contribution is -0.140. The van der Waals surface area contributed by atoms with Gasteiger partial charge in [-0.1, -0.05) is 23.7 Å². The number of nitrogens with one attached hydrogen (secondary N) is 1. The van der Waals surface area contributed by atoms with E-state index in [0.717, 1.165) is 0 Å². The number of ether oxygens (including phenoxy) is 2. The lowest BCUT2D eigenvalue weighted by atomic mass is 9.95. The molecule has 0 bridgehead atoms. The maximum absolute atomic E-state index is 14.4. The zero-order valence-corrected chi connectivity index (χ0v) is 22.1. The van der Waals surface area contributed by atoms with Crippen molar-refractivity contribution in [1.82, 2.24) is 15.2 Å². The second-order valence-electron chi connectivity index (χ2n) is 8.75. The number of carboxylic acid groups (broad SMARTS) is 1. The summed E-state index contributed by atoms with van der Waals surface area (Å²) in [5.41, 5.74) is 1.02. The van der Waals surface area contributed by atoms with E-state index in [0.29, 0.717) is 48.2 Å². The molecular weight excluding hydrogens is 539 g/mol. The standard InChI is InChI=1S/C25H26ClFN4O6S/c1-36-25(35)20-18(13-31-8-9-37-15(12-31)6-5-14(32)11-19(33)34)29-23(24-28-7-10-38-24)30-22(20)16-3-2-4-17(27)21(16)26/h2-4,7,10,15,22H,5-6,8-9,11-13H2,1H3,(H,29,30)(H,33,34)/t15-,22+/m1/s1. The van der Waals surface area contributed by atoms with Crippen LogP contribution in [0.5, 0.6) is 0 Å². The van der Waals surface area contributed by atoms with Crippen molar-refractivity contribution in [2.24, 2.45) is 4.99 Å². The van der Waals surface area contributed by atoms with Gasteiger partial charge in [0.2, 0.25) is 0 Å². The average Bonchev–Trinajstić information content (AvgIpc) is 3.43. The molecule has 0 unspecified atom stereocenters. The summed E-state index contributed by atoms with van der Waals surface area (Å²) in [6, 6.07) is 3.41. The van der Waals surface area contributed by atoms with Crippen molar-refractivity contribution in [3.8, 4) is 0 Å². The number of carbonyl (C=O) groups is 3. The van der Waals surface area contributed by atoms with Gasteiger partial charge in [-0.3, -0.25) is 19.5 Å². The van der Waals surface area contributed by atoms with E-state index in [1.807, 2.05) is 0 Å². The molecule has 1 aromatic heterocycles. The molecule has 10 nitrogen and oxygen atoms in total. The first kappa shape index (κ1) is 27.8. The van der Waals surface area contributed by atoms with Gasteiger partial charge >= 0.3 is 11.9 Å². The Morgan fingerprint density at radius 2 is 2.18 bits per heavy atom. The second-order valence-corrected chi connectivity index (χ2v) is 10.0. The molecule has 2 aromatic rings.